The second kappa shape index (κ2) is 5.38. The zero-order chi connectivity index (χ0) is 11.5. The molecule has 1 unspecified atom stereocenters. The van der Waals surface area contributed by atoms with E-state index < -0.39 is 0 Å². The molecule has 5 heteroatoms. The van der Waals surface area contributed by atoms with Crippen molar-refractivity contribution in [2.24, 2.45) is 10.9 Å². The van der Waals surface area contributed by atoms with Crippen LogP contribution in [0.1, 0.15) is 13.8 Å². The smallest absolute Gasteiger partial charge is 0.171 e. The van der Waals surface area contributed by atoms with Gasteiger partial charge in [-0.25, -0.2) is 5.01 Å². The van der Waals surface area contributed by atoms with Crippen LogP contribution < -0.4 is 5.43 Å². The fourth-order valence-corrected chi connectivity index (χ4v) is 2.89. The Morgan fingerprint density at radius 2 is 2.00 bits per heavy atom. The molecule has 1 atom stereocenters. The van der Waals surface area contributed by atoms with E-state index >= 15 is 0 Å². The molecule has 1 N–H and O–H groups in total. The minimum atomic E-state index is 0.662. The van der Waals surface area contributed by atoms with E-state index in [4.69, 9.17) is 0 Å². The van der Waals surface area contributed by atoms with Crippen LogP contribution in [0.3, 0.4) is 0 Å². The Balaban J connectivity index is 1.75. The van der Waals surface area contributed by atoms with E-state index in [0.29, 0.717) is 11.2 Å². The van der Waals surface area contributed by atoms with Crippen molar-refractivity contribution in [1.29, 1.82) is 0 Å². The van der Waals surface area contributed by atoms with Gasteiger partial charge in [0.1, 0.15) is 0 Å². The first-order valence-corrected chi connectivity index (χ1v) is 6.94. The molecule has 4 nitrogen and oxygen atoms in total. The van der Waals surface area contributed by atoms with Crippen molar-refractivity contribution < 1.29 is 0 Å². The maximum atomic E-state index is 4.56. The zero-order valence-corrected chi connectivity index (χ0v) is 11.3. The Labute approximate surface area is 102 Å². The first kappa shape index (κ1) is 12.2. The molecule has 2 rings (SSSR count). The van der Waals surface area contributed by atoms with Gasteiger partial charge in [0, 0.05) is 31.4 Å². The normalized spacial score (nSPS) is 28.5. The van der Waals surface area contributed by atoms with Crippen LogP contribution in [0.2, 0.25) is 0 Å². The molecule has 2 aliphatic rings. The van der Waals surface area contributed by atoms with Gasteiger partial charge < -0.3 is 4.90 Å². The molecule has 16 heavy (non-hydrogen) atoms. The first-order valence-electron chi connectivity index (χ1n) is 6.06. The van der Waals surface area contributed by atoms with Gasteiger partial charge in [0.15, 0.2) is 5.17 Å². The largest absolute Gasteiger partial charge is 0.304 e. The lowest BCUT2D eigenvalue weighted by atomic mass is 10.1. The number of thioether (sulfide) groups is 1. The molecule has 0 aromatic rings. The third-order valence-electron chi connectivity index (χ3n) is 3.18. The van der Waals surface area contributed by atoms with Crippen LogP contribution in [0.25, 0.3) is 0 Å². The third kappa shape index (κ3) is 3.12. The molecule has 0 aromatic heterocycles. The molecule has 92 valence electrons. The van der Waals surface area contributed by atoms with Crippen molar-refractivity contribution in [3.05, 3.63) is 0 Å². The van der Waals surface area contributed by atoms with Crippen molar-refractivity contribution in [2.45, 2.75) is 19.1 Å². The van der Waals surface area contributed by atoms with E-state index in [1.165, 1.54) is 0 Å². The third-order valence-corrected chi connectivity index (χ3v) is 4.62. The van der Waals surface area contributed by atoms with Gasteiger partial charge in [-0.05, 0) is 13.0 Å². The SMILES string of the molecule is CC(C)C1CN=C(NN2CCN(C)CC2)S1. The average molecular weight is 242 g/mol. The van der Waals surface area contributed by atoms with Crippen LogP contribution in [0.4, 0.5) is 0 Å². The van der Waals surface area contributed by atoms with Gasteiger partial charge in [-0.1, -0.05) is 25.6 Å². The molecular weight excluding hydrogens is 220 g/mol. The maximum absolute atomic E-state index is 4.56. The highest BCUT2D eigenvalue weighted by Gasteiger charge is 2.24. The Bertz CT molecular complexity index is 259. The summed E-state index contributed by atoms with van der Waals surface area (Å²) in [6, 6.07) is 0. The second-order valence-corrected chi connectivity index (χ2v) is 6.18. The predicted octanol–water partition coefficient (Wildman–Crippen LogP) is 0.866. The minimum Gasteiger partial charge on any atom is -0.304 e. The van der Waals surface area contributed by atoms with Crippen molar-refractivity contribution in [3.8, 4) is 0 Å². The molecule has 0 spiro atoms. The Morgan fingerprint density at radius 3 is 2.56 bits per heavy atom. The van der Waals surface area contributed by atoms with Crippen LogP contribution in [-0.2, 0) is 0 Å². The standard InChI is InChI=1S/C11H22N4S/c1-9(2)10-8-12-11(16-10)13-15-6-4-14(3)5-7-15/h9-10H,4-8H2,1-3H3,(H,12,13). The summed E-state index contributed by atoms with van der Waals surface area (Å²) >= 11 is 1.90. The predicted molar refractivity (Wildman–Crippen MR) is 70.7 cm³/mol. The van der Waals surface area contributed by atoms with Crippen LogP contribution in [0.5, 0.6) is 0 Å². The molecule has 0 saturated carbocycles. The Kier molecular flexibility index (Phi) is 4.10. The van der Waals surface area contributed by atoms with Crippen LogP contribution in [-0.4, -0.2) is 60.1 Å². The van der Waals surface area contributed by atoms with Gasteiger partial charge >= 0.3 is 0 Å². The summed E-state index contributed by atoms with van der Waals surface area (Å²) in [4.78, 5) is 6.92. The molecule has 0 aromatic carbocycles. The molecular formula is C11H22N4S. The molecule has 2 aliphatic heterocycles. The van der Waals surface area contributed by atoms with E-state index in [9.17, 15) is 0 Å². The number of hydrogen-bond donors (Lipinski definition) is 1. The highest BCUT2D eigenvalue weighted by molar-refractivity contribution is 8.14. The van der Waals surface area contributed by atoms with E-state index in [2.05, 4.69) is 41.2 Å². The summed E-state index contributed by atoms with van der Waals surface area (Å²) in [6.07, 6.45) is 0. The Morgan fingerprint density at radius 1 is 1.31 bits per heavy atom. The topological polar surface area (TPSA) is 30.9 Å². The average Bonchev–Trinajstić information content (AvgIpc) is 2.70. The van der Waals surface area contributed by atoms with Crippen LogP contribution in [0.15, 0.2) is 4.99 Å². The van der Waals surface area contributed by atoms with Crippen molar-refractivity contribution in [2.75, 3.05) is 39.8 Å². The number of hydrazine groups is 1. The number of rotatable bonds is 2. The molecule has 1 fully saturated rings. The number of amidine groups is 1. The molecule has 0 aliphatic carbocycles. The summed E-state index contributed by atoms with van der Waals surface area (Å²) in [7, 11) is 2.17. The van der Waals surface area contributed by atoms with Gasteiger partial charge in [-0.3, -0.25) is 10.4 Å². The summed E-state index contributed by atoms with van der Waals surface area (Å²) < 4.78 is 0. The van der Waals surface area contributed by atoms with E-state index in [1.807, 2.05) is 11.8 Å². The van der Waals surface area contributed by atoms with E-state index in [0.717, 1.165) is 37.9 Å². The zero-order valence-electron chi connectivity index (χ0n) is 10.4. The monoisotopic (exact) mass is 242 g/mol. The number of likely N-dealkylation sites (N-methyl/N-ethyl adjacent to an activating group) is 1. The number of aliphatic imine (C=N–C) groups is 1. The van der Waals surface area contributed by atoms with Gasteiger partial charge in [0.25, 0.3) is 0 Å². The lowest BCUT2D eigenvalue weighted by Crippen LogP contribution is -2.51. The lowest BCUT2D eigenvalue weighted by molar-refractivity contribution is 0.132. The number of nitrogens with one attached hydrogen (secondary N) is 1. The summed E-state index contributed by atoms with van der Waals surface area (Å²) in [6.45, 7) is 9.96. The number of nitrogens with zero attached hydrogens (tertiary/aromatic N) is 3. The summed E-state index contributed by atoms with van der Waals surface area (Å²) in [5, 5.41) is 4.06. The Hall–Kier alpha value is -0.260. The van der Waals surface area contributed by atoms with E-state index in [-0.39, 0.29) is 0 Å². The van der Waals surface area contributed by atoms with Crippen molar-refractivity contribution in [3.63, 3.8) is 0 Å². The highest BCUT2D eigenvalue weighted by atomic mass is 32.2. The minimum absolute atomic E-state index is 0.662. The van der Waals surface area contributed by atoms with Gasteiger partial charge in [-0.2, -0.15) is 0 Å². The fourth-order valence-electron chi connectivity index (χ4n) is 1.85. The second-order valence-electron chi connectivity index (χ2n) is 4.95. The van der Waals surface area contributed by atoms with E-state index in [1.54, 1.807) is 0 Å². The number of piperazine rings is 1. The molecule has 0 radical (unpaired) electrons. The molecule has 0 amide bonds. The highest BCUT2D eigenvalue weighted by Crippen LogP contribution is 2.25. The maximum Gasteiger partial charge on any atom is 0.171 e. The summed E-state index contributed by atoms with van der Waals surface area (Å²) in [5.41, 5.74) is 3.44. The van der Waals surface area contributed by atoms with Gasteiger partial charge in [0.2, 0.25) is 0 Å². The quantitative estimate of drug-likeness (QED) is 0.778. The molecule has 1 saturated heterocycles. The first-order chi connectivity index (χ1) is 7.65. The molecule has 0 bridgehead atoms. The van der Waals surface area contributed by atoms with Crippen molar-refractivity contribution in [1.82, 2.24) is 15.3 Å². The molecule has 2 heterocycles. The lowest BCUT2D eigenvalue weighted by Gasteiger charge is -2.32. The van der Waals surface area contributed by atoms with Crippen molar-refractivity contribution >= 4 is 16.9 Å². The van der Waals surface area contributed by atoms with Gasteiger partial charge in [-0.15, -0.1) is 0 Å². The van der Waals surface area contributed by atoms with Crippen LogP contribution >= 0.6 is 11.8 Å². The fraction of sp³-hybridized carbons (Fsp3) is 0.909. The van der Waals surface area contributed by atoms with Gasteiger partial charge in [0.05, 0.1) is 6.54 Å². The summed E-state index contributed by atoms with van der Waals surface area (Å²) in [5.74, 6) is 0.709. The number of hydrogen-bond acceptors (Lipinski definition) is 5. The van der Waals surface area contributed by atoms with Crippen LogP contribution in [0, 0.1) is 5.92 Å².